The monoisotopic (exact) mass is 485 g/mol. The third-order valence-electron chi connectivity index (χ3n) is 7.63. The molecule has 6 aromatic carbocycles. The lowest BCUT2D eigenvalue weighted by Crippen LogP contribution is -2.03. The standard InChI is InChI=1S/C35H23N3/c1-22-14-18-29-32(20-22)38(31-19-17-24-9-4-5-11-27(24)33(29)31)35-36-30-13-7-6-12-28(30)34(37-35)26-16-15-23-8-2-3-10-25(23)21-26/h2-21H,1H3. The van der Waals surface area contributed by atoms with E-state index in [1.165, 1.54) is 37.9 Å². The second-order valence-corrected chi connectivity index (χ2v) is 9.99. The topological polar surface area (TPSA) is 30.7 Å². The summed E-state index contributed by atoms with van der Waals surface area (Å²) in [7, 11) is 0. The minimum absolute atomic E-state index is 0.688. The van der Waals surface area contributed by atoms with Crippen LogP contribution in [0.4, 0.5) is 0 Å². The molecule has 0 fully saturated rings. The quantitative estimate of drug-likeness (QED) is 0.245. The second-order valence-electron chi connectivity index (χ2n) is 9.99. The van der Waals surface area contributed by atoms with Crippen molar-refractivity contribution in [3.8, 4) is 17.2 Å². The van der Waals surface area contributed by atoms with Crippen molar-refractivity contribution in [2.45, 2.75) is 6.92 Å². The third kappa shape index (κ3) is 3.09. The molecule has 0 aliphatic carbocycles. The highest BCUT2D eigenvalue weighted by molar-refractivity contribution is 6.21. The van der Waals surface area contributed by atoms with Gasteiger partial charge >= 0.3 is 0 Å². The van der Waals surface area contributed by atoms with E-state index in [1.54, 1.807) is 0 Å². The highest BCUT2D eigenvalue weighted by atomic mass is 15.2. The molecule has 0 saturated carbocycles. The zero-order valence-corrected chi connectivity index (χ0v) is 20.9. The first-order valence-corrected chi connectivity index (χ1v) is 12.9. The molecule has 0 amide bonds. The van der Waals surface area contributed by atoms with Crippen LogP contribution in [0.3, 0.4) is 0 Å². The van der Waals surface area contributed by atoms with E-state index in [-0.39, 0.29) is 0 Å². The summed E-state index contributed by atoms with van der Waals surface area (Å²) in [6, 6.07) is 43.0. The van der Waals surface area contributed by atoms with Crippen LogP contribution in [0.5, 0.6) is 0 Å². The third-order valence-corrected chi connectivity index (χ3v) is 7.63. The van der Waals surface area contributed by atoms with Crippen LogP contribution in [-0.4, -0.2) is 14.5 Å². The zero-order chi connectivity index (χ0) is 25.2. The summed E-state index contributed by atoms with van der Waals surface area (Å²) in [4.78, 5) is 10.4. The largest absolute Gasteiger partial charge is 0.278 e. The van der Waals surface area contributed by atoms with E-state index in [0.717, 1.165) is 33.2 Å². The van der Waals surface area contributed by atoms with E-state index in [1.807, 2.05) is 6.07 Å². The lowest BCUT2D eigenvalue weighted by molar-refractivity contribution is 1.01. The van der Waals surface area contributed by atoms with Gasteiger partial charge in [0.2, 0.25) is 5.95 Å². The van der Waals surface area contributed by atoms with Crippen molar-refractivity contribution >= 4 is 54.3 Å². The Morgan fingerprint density at radius 3 is 2.16 bits per heavy atom. The second kappa shape index (κ2) is 7.99. The van der Waals surface area contributed by atoms with E-state index in [9.17, 15) is 0 Å². The van der Waals surface area contributed by atoms with Crippen LogP contribution in [-0.2, 0) is 0 Å². The van der Waals surface area contributed by atoms with Gasteiger partial charge in [-0.2, -0.15) is 0 Å². The van der Waals surface area contributed by atoms with Crippen molar-refractivity contribution < 1.29 is 0 Å². The molecule has 0 atom stereocenters. The van der Waals surface area contributed by atoms with Gasteiger partial charge in [-0.15, -0.1) is 0 Å². The Labute approximate surface area is 219 Å². The van der Waals surface area contributed by atoms with Crippen molar-refractivity contribution in [1.29, 1.82) is 0 Å². The highest BCUT2D eigenvalue weighted by Gasteiger charge is 2.19. The molecule has 3 heteroatoms. The van der Waals surface area contributed by atoms with Gasteiger partial charge in [0.15, 0.2) is 0 Å². The van der Waals surface area contributed by atoms with Crippen LogP contribution in [0.1, 0.15) is 5.56 Å². The number of aromatic nitrogens is 3. The van der Waals surface area contributed by atoms with Crippen LogP contribution >= 0.6 is 0 Å². The van der Waals surface area contributed by atoms with E-state index in [0.29, 0.717) is 5.95 Å². The summed E-state index contributed by atoms with van der Waals surface area (Å²) in [6.07, 6.45) is 0. The molecule has 2 heterocycles. The van der Waals surface area contributed by atoms with Crippen LogP contribution in [0, 0.1) is 6.92 Å². The lowest BCUT2D eigenvalue weighted by Gasteiger charge is -2.12. The van der Waals surface area contributed by atoms with Crippen LogP contribution in [0.2, 0.25) is 0 Å². The molecule has 8 rings (SSSR count). The van der Waals surface area contributed by atoms with Gasteiger partial charge in [0.05, 0.1) is 22.2 Å². The first-order chi connectivity index (χ1) is 18.7. The first kappa shape index (κ1) is 21.1. The number of nitrogens with zero attached hydrogens (tertiary/aromatic N) is 3. The first-order valence-electron chi connectivity index (χ1n) is 12.9. The van der Waals surface area contributed by atoms with Crippen molar-refractivity contribution in [1.82, 2.24) is 14.5 Å². The van der Waals surface area contributed by atoms with Gasteiger partial charge in [-0.1, -0.05) is 97.1 Å². The van der Waals surface area contributed by atoms with Gasteiger partial charge in [-0.3, -0.25) is 4.57 Å². The maximum Gasteiger partial charge on any atom is 0.235 e. The van der Waals surface area contributed by atoms with Gasteiger partial charge in [0, 0.05) is 21.7 Å². The minimum Gasteiger partial charge on any atom is -0.278 e. The van der Waals surface area contributed by atoms with Crippen molar-refractivity contribution in [3.05, 3.63) is 127 Å². The number of fused-ring (bicyclic) bond motifs is 7. The maximum absolute atomic E-state index is 5.28. The molecule has 0 N–H and O–H groups in total. The summed E-state index contributed by atoms with van der Waals surface area (Å²) >= 11 is 0. The van der Waals surface area contributed by atoms with Crippen molar-refractivity contribution in [3.63, 3.8) is 0 Å². The number of hydrogen-bond acceptors (Lipinski definition) is 2. The molecular formula is C35H23N3. The van der Waals surface area contributed by atoms with Gasteiger partial charge in [-0.25, -0.2) is 9.97 Å². The molecule has 2 aromatic heterocycles. The number of para-hydroxylation sites is 1. The molecule has 8 aromatic rings. The fourth-order valence-electron chi connectivity index (χ4n) is 5.83. The molecule has 3 nitrogen and oxygen atoms in total. The summed E-state index contributed by atoms with van der Waals surface area (Å²) in [5.41, 5.74) is 6.41. The molecule has 0 unspecified atom stereocenters. The van der Waals surface area contributed by atoms with Gasteiger partial charge in [-0.05, 0) is 58.3 Å². The molecule has 0 saturated heterocycles. The average molecular weight is 486 g/mol. The number of benzene rings is 6. The summed E-state index contributed by atoms with van der Waals surface area (Å²) in [5, 5.41) is 8.40. The molecule has 0 bridgehead atoms. The predicted molar refractivity (Wildman–Crippen MR) is 159 cm³/mol. The fourth-order valence-corrected chi connectivity index (χ4v) is 5.83. The minimum atomic E-state index is 0.688. The smallest absolute Gasteiger partial charge is 0.235 e. The van der Waals surface area contributed by atoms with Crippen LogP contribution in [0.25, 0.3) is 71.5 Å². The molecule has 0 aliphatic heterocycles. The van der Waals surface area contributed by atoms with E-state index >= 15 is 0 Å². The maximum atomic E-state index is 5.28. The van der Waals surface area contributed by atoms with Crippen LogP contribution < -0.4 is 0 Å². The van der Waals surface area contributed by atoms with Gasteiger partial charge in [0.25, 0.3) is 0 Å². The summed E-state index contributed by atoms with van der Waals surface area (Å²) < 4.78 is 2.24. The van der Waals surface area contributed by atoms with E-state index < -0.39 is 0 Å². The molecular weight excluding hydrogens is 462 g/mol. The SMILES string of the molecule is Cc1ccc2c3c4ccccc4ccc3n(-c3nc(-c4ccc5ccccc5c4)c4ccccc4n3)c2c1. The number of aryl methyl sites for hydroxylation is 1. The Bertz CT molecular complexity index is 2200. The lowest BCUT2D eigenvalue weighted by atomic mass is 10.0. The Hall–Kier alpha value is -5.02. The van der Waals surface area contributed by atoms with Crippen LogP contribution in [0.15, 0.2) is 121 Å². The predicted octanol–water partition coefficient (Wildman–Crippen LogP) is 9.01. The van der Waals surface area contributed by atoms with Crippen molar-refractivity contribution in [2.24, 2.45) is 0 Å². The Morgan fingerprint density at radius 1 is 0.526 bits per heavy atom. The highest BCUT2D eigenvalue weighted by Crippen LogP contribution is 2.38. The molecule has 0 radical (unpaired) electrons. The van der Waals surface area contributed by atoms with Crippen molar-refractivity contribution in [2.75, 3.05) is 0 Å². The van der Waals surface area contributed by atoms with E-state index in [4.69, 9.17) is 9.97 Å². The Balaban J connectivity index is 1.50. The fraction of sp³-hybridized carbons (Fsp3) is 0.0286. The molecule has 38 heavy (non-hydrogen) atoms. The average Bonchev–Trinajstić information content (AvgIpc) is 3.30. The normalized spacial score (nSPS) is 11.8. The van der Waals surface area contributed by atoms with Gasteiger partial charge < -0.3 is 0 Å². The summed E-state index contributed by atoms with van der Waals surface area (Å²) in [6.45, 7) is 2.14. The summed E-state index contributed by atoms with van der Waals surface area (Å²) in [5.74, 6) is 0.688. The Kier molecular flexibility index (Phi) is 4.44. The molecule has 0 spiro atoms. The molecule has 0 aliphatic rings. The molecule has 178 valence electrons. The Morgan fingerprint density at radius 2 is 1.26 bits per heavy atom. The number of rotatable bonds is 2. The number of hydrogen-bond donors (Lipinski definition) is 0. The van der Waals surface area contributed by atoms with E-state index in [2.05, 4.69) is 127 Å². The van der Waals surface area contributed by atoms with Gasteiger partial charge in [0.1, 0.15) is 0 Å². The zero-order valence-electron chi connectivity index (χ0n) is 20.9.